The van der Waals surface area contributed by atoms with Crippen molar-refractivity contribution in [3.05, 3.63) is 0 Å². The Kier molecular flexibility index (Phi) is 4.73. The van der Waals surface area contributed by atoms with Gasteiger partial charge in [0.1, 0.15) is 0 Å². The highest BCUT2D eigenvalue weighted by atomic mass is 16.2. The van der Waals surface area contributed by atoms with E-state index in [9.17, 15) is 9.59 Å². The van der Waals surface area contributed by atoms with Crippen LogP contribution in [0.4, 0.5) is 0 Å². The minimum Gasteiger partial charge on any atom is -0.352 e. The standard InChI is InChI=1S/C13H25N3O2/c1-5-16(8-11(17)15-9(2)3)12(18)13(4,14)10-6-7-10/h9-10H,5-8,14H2,1-4H3,(H,15,17). The van der Waals surface area contributed by atoms with E-state index in [0.717, 1.165) is 12.8 Å². The predicted octanol–water partition coefficient (Wildman–Crippen LogP) is 0.487. The van der Waals surface area contributed by atoms with Crippen molar-refractivity contribution in [1.29, 1.82) is 0 Å². The van der Waals surface area contributed by atoms with Crippen molar-refractivity contribution in [3.63, 3.8) is 0 Å². The van der Waals surface area contributed by atoms with Crippen molar-refractivity contribution in [1.82, 2.24) is 10.2 Å². The molecule has 5 nitrogen and oxygen atoms in total. The monoisotopic (exact) mass is 255 g/mol. The summed E-state index contributed by atoms with van der Waals surface area (Å²) >= 11 is 0. The zero-order valence-corrected chi connectivity index (χ0v) is 11.8. The number of hydrogen-bond donors (Lipinski definition) is 2. The molecule has 3 N–H and O–H groups in total. The Morgan fingerprint density at radius 1 is 1.44 bits per heavy atom. The van der Waals surface area contributed by atoms with Crippen LogP contribution >= 0.6 is 0 Å². The summed E-state index contributed by atoms with van der Waals surface area (Å²) in [5.41, 5.74) is 5.27. The molecule has 1 aliphatic rings. The number of nitrogens with two attached hydrogens (primary N) is 1. The Morgan fingerprint density at radius 3 is 2.39 bits per heavy atom. The zero-order chi connectivity index (χ0) is 13.9. The highest BCUT2D eigenvalue weighted by Crippen LogP contribution is 2.38. The third kappa shape index (κ3) is 3.70. The molecular formula is C13H25N3O2. The lowest BCUT2D eigenvalue weighted by molar-refractivity contribution is -0.140. The van der Waals surface area contributed by atoms with Crippen molar-refractivity contribution >= 4 is 11.8 Å². The van der Waals surface area contributed by atoms with E-state index < -0.39 is 5.54 Å². The Balaban J connectivity index is 2.60. The predicted molar refractivity (Wildman–Crippen MR) is 70.8 cm³/mol. The van der Waals surface area contributed by atoms with E-state index in [4.69, 9.17) is 5.73 Å². The summed E-state index contributed by atoms with van der Waals surface area (Å²) in [6.45, 7) is 8.02. The van der Waals surface area contributed by atoms with Gasteiger partial charge in [-0.2, -0.15) is 0 Å². The van der Waals surface area contributed by atoms with Crippen LogP contribution in [0.5, 0.6) is 0 Å². The zero-order valence-electron chi connectivity index (χ0n) is 11.8. The first kappa shape index (κ1) is 15.0. The molecule has 5 heteroatoms. The number of rotatable bonds is 6. The molecule has 0 radical (unpaired) electrons. The second kappa shape index (κ2) is 5.69. The van der Waals surface area contributed by atoms with Gasteiger partial charge in [0.15, 0.2) is 0 Å². The molecule has 1 atom stereocenters. The highest BCUT2D eigenvalue weighted by Gasteiger charge is 2.45. The number of nitrogens with one attached hydrogen (secondary N) is 1. The number of amides is 2. The van der Waals surface area contributed by atoms with E-state index in [-0.39, 0.29) is 30.3 Å². The summed E-state index contributed by atoms with van der Waals surface area (Å²) in [5, 5.41) is 2.79. The quantitative estimate of drug-likeness (QED) is 0.725. The molecule has 0 bridgehead atoms. The van der Waals surface area contributed by atoms with E-state index in [0.29, 0.717) is 6.54 Å². The van der Waals surface area contributed by atoms with Crippen molar-refractivity contribution in [3.8, 4) is 0 Å². The van der Waals surface area contributed by atoms with Crippen LogP contribution in [0, 0.1) is 5.92 Å². The van der Waals surface area contributed by atoms with Crippen molar-refractivity contribution < 1.29 is 9.59 Å². The van der Waals surface area contributed by atoms with Gasteiger partial charge in [0.05, 0.1) is 12.1 Å². The van der Waals surface area contributed by atoms with Gasteiger partial charge in [-0.3, -0.25) is 9.59 Å². The van der Waals surface area contributed by atoms with Crippen molar-refractivity contribution in [2.75, 3.05) is 13.1 Å². The van der Waals surface area contributed by atoms with E-state index in [1.54, 1.807) is 6.92 Å². The van der Waals surface area contributed by atoms with E-state index in [1.807, 2.05) is 20.8 Å². The van der Waals surface area contributed by atoms with E-state index in [1.165, 1.54) is 4.90 Å². The van der Waals surface area contributed by atoms with Crippen LogP contribution in [0.2, 0.25) is 0 Å². The number of carbonyl (C=O) groups excluding carboxylic acids is 2. The lowest BCUT2D eigenvalue weighted by Crippen LogP contribution is -2.56. The summed E-state index contributed by atoms with van der Waals surface area (Å²) in [4.78, 5) is 25.6. The van der Waals surface area contributed by atoms with Crippen LogP contribution in [0.15, 0.2) is 0 Å². The number of likely N-dealkylation sites (N-methyl/N-ethyl adjacent to an activating group) is 1. The maximum atomic E-state index is 12.3. The molecule has 2 amide bonds. The number of hydrogen-bond acceptors (Lipinski definition) is 3. The SMILES string of the molecule is CCN(CC(=O)NC(C)C)C(=O)C(C)(N)C1CC1. The van der Waals surface area contributed by atoms with Gasteiger partial charge in [0, 0.05) is 12.6 Å². The third-order valence-electron chi connectivity index (χ3n) is 3.34. The molecule has 0 aromatic heterocycles. The molecule has 1 rings (SSSR count). The molecule has 1 fully saturated rings. The fourth-order valence-electron chi connectivity index (χ4n) is 2.07. The Morgan fingerprint density at radius 2 is 2.00 bits per heavy atom. The Hall–Kier alpha value is -1.10. The van der Waals surface area contributed by atoms with Crippen LogP contribution in [0.3, 0.4) is 0 Å². The van der Waals surface area contributed by atoms with Crippen LogP contribution in [-0.2, 0) is 9.59 Å². The van der Waals surface area contributed by atoms with Gasteiger partial charge in [0.25, 0.3) is 0 Å². The molecule has 1 saturated carbocycles. The van der Waals surface area contributed by atoms with E-state index in [2.05, 4.69) is 5.32 Å². The maximum Gasteiger partial charge on any atom is 0.243 e. The molecule has 0 saturated heterocycles. The lowest BCUT2D eigenvalue weighted by Gasteiger charge is -2.31. The fourth-order valence-corrected chi connectivity index (χ4v) is 2.07. The molecule has 0 heterocycles. The smallest absolute Gasteiger partial charge is 0.243 e. The summed E-state index contributed by atoms with van der Waals surface area (Å²) in [7, 11) is 0. The molecule has 0 aromatic carbocycles. The summed E-state index contributed by atoms with van der Waals surface area (Å²) in [5.74, 6) is 0.0189. The topological polar surface area (TPSA) is 75.4 Å². The van der Waals surface area contributed by atoms with Gasteiger partial charge < -0.3 is 16.0 Å². The molecular weight excluding hydrogens is 230 g/mol. The molecule has 104 valence electrons. The van der Waals surface area contributed by atoms with E-state index >= 15 is 0 Å². The molecule has 1 aliphatic carbocycles. The minimum atomic E-state index is -0.825. The van der Waals surface area contributed by atoms with Gasteiger partial charge >= 0.3 is 0 Å². The number of carbonyl (C=O) groups is 2. The highest BCUT2D eigenvalue weighted by molar-refractivity contribution is 5.90. The summed E-state index contributed by atoms with van der Waals surface area (Å²) < 4.78 is 0. The first-order chi connectivity index (χ1) is 8.28. The van der Waals surface area contributed by atoms with Crippen molar-refractivity contribution in [2.24, 2.45) is 11.7 Å². The molecule has 18 heavy (non-hydrogen) atoms. The second-order valence-electron chi connectivity index (χ2n) is 5.60. The Labute approximate surface area is 109 Å². The molecule has 0 spiro atoms. The largest absolute Gasteiger partial charge is 0.352 e. The summed E-state index contributed by atoms with van der Waals surface area (Å²) in [6, 6.07) is 0.0824. The van der Waals surface area contributed by atoms with Gasteiger partial charge in [-0.15, -0.1) is 0 Å². The van der Waals surface area contributed by atoms with Crippen LogP contribution in [0.25, 0.3) is 0 Å². The van der Waals surface area contributed by atoms with Crippen LogP contribution < -0.4 is 11.1 Å². The maximum absolute atomic E-state index is 12.3. The Bertz CT molecular complexity index is 322. The van der Waals surface area contributed by atoms with Crippen LogP contribution in [-0.4, -0.2) is 41.4 Å². The van der Waals surface area contributed by atoms with Gasteiger partial charge in [-0.05, 0) is 46.5 Å². The number of nitrogens with zero attached hydrogens (tertiary/aromatic N) is 1. The molecule has 0 aromatic rings. The molecule has 1 unspecified atom stereocenters. The first-order valence-corrected chi connectivity index (χ1v) is 6.66. The molecule has 0 aliphatic heterocycles. The third-order valence-corrected chi connectivity index (χ3v) is 3.34. The lowest BCUT2D eigenvalue weighted by atomic mass is 9.95. The fraction of sp³-hybridized carbons (Fsp3) is 0.846. The second-order valence-corrected chi connectivity index (χ2v) is 5.60. The summed E-state index contributed by atoms with van der Waals surface area (Å²) in [6.07, 6.45) is 2.02. The van der Waals surface area contributed by atoms with Gasteiger partial charge in [-0.25, -0.2) is 0 Å². The van der Waals surface area contributed by atoms with Gasteiger partial charge in [-0.1, -0.05) is 0 Å². The normalized spacial score (nSPS) is 18.3. The average molecular weight is 255 g/mol. The first-order valence-electron chi connectivity index (χ1n) is 6.66. The average Bonchev–Trinajstić information content (AvgIpc) is 3.07. The van der Waals surface area contributed by atoms with Crippen LogP contribution in [0.1, 0.15) is 40.5 Å². The van der Waals surface area contributed by atoms with Gasteiger partial charge in [0.2, 0.25) is 11.8 Å². The van der Waals surface area contributed by atoms with Crippen molar-refractivity contribution in [2.45, 2.75) is 52.1 Å². The minimum absolute atomic E-state index is 0.0824.